The van der Waals surface area contributed by atoms with Gasteiger partial charge in [0.05, 0.1) is 27.9 Å². The number of amides is 1. The van der Waals surface area contributed by atoms with E-state index in [-0.39, 0.29) is 40.0 Å². The van der Waals surface area contributed by atoms with Crippen LogP contribution in [0.3, 0.4) is 0 Å². The molecule has 0 aliphatic carbocycles. The number of piperidine rings is 1. The van der Waals surface area contributed by atoms with Crippen LogP contribution in [0.15, 0.2) is 41.3 Å². The molecule has 7 nitrogen and oxygen atoms in total. The van der Waals surface area contributed by atoms with Crippen LogP contribution < -0.4 is 4.74 Å². The summed E-state index contributed by atoms with van der Waals surface area (Å²) in [5, 5.41) is 8.86. The van der Waals surface area contributed by atoms with Crippen molar-refractivity contribution in [1.29, 1.82) is 5.26 Å². The molecule has 2 aromatic carbocycles. The van der Waals surface area contributed by atoms with Crippen molar-refractivity contribution in [2.45, 2.75) is 74.9 Å². The van der Waals surface area contributed by atoms with E-state index in [0.29, 0.717) is 43.7 Å². The predicted octanol–water partition coefficient (Wildman–Crippen LogP) is 4.80. The second-order valence-electron chi connectivity index (χ2n) is 10.1. The number of hydrogen-bond donors (Lipinski definition) is 0. The van der Waals surface area contributed by atoms with Gasteiger partial charge in [-0.1, -0.05) is 0 Å². The second-order valence-corrected chi connectivity index (χ2v) is 12.5. The SMILES string of the molecule is CC(C)O[C@@H]1CC2(CCN(C(=O)c3ccc(S(=O)(=O)C(C)C)c(C#N)c3)CC2)Oc2ccc(F)cc21. The van der Waals surface area contributed by atoms with E-state index in [4.69, 9.17) is 9.47 Å². The lowest BCUT2D eigenvalue weighted by Crippen LogP contribution is -2.52. The Morgan fingerprint density at radius 1 is 1.17 bits per heavy atom. The molecule has 2 aliphatic heterocycles. The van der Waals surface area contributed by atoms with E-state index in [1.54, 1.807) is 24.8 Å². The van der Waals surface area contributed by atoms with E-state index in [9.17, 15) is 22.9 Å². The van der Waals surface area contributed by atoms with Gasteiger partial charge in [0.15, 0.2) is 9.84 Å². The molecule has 36 heavy (non-hydrogen) atoms. The Morgan fingerprint density at radius 2 is 1.86 bits per heavy atom. The number of carbonyl (C=O) groups is 1. The average molecular weight is 515 g/mol. The number of fused-ring (bicyclic) bond motifs is 1. The summed E-state index contributed by atoms with van der Waals surface area (Å²) in [4.78, 5) is 14.9. The van der Waals surface area contributed by atoms with Crippen molar-refractivity contribution in [2.75, 3.05) is 13.1 Å². The summed E-state index contributed by atoms with van der Waals surface area (Å²) in [6, 6.07) is 10.6. The van der Waals surface area contributed by atoms with Crippen molar-refractivity contribution >= 4 is 15.7 Å². The van der Waals surface area contributed by atoms with Crippen molar-refractivity contribution < 1.29 is 27.1 Å². The third kappa shape index (κ3) is 4.97. The van der Waals surface area contributed by atoms with Crippen molar-refractivity contribution in [3.8, 4) is 11.8 Å². The maximum Gasteiger partial charge on any atom is 0.253 e. The van der Waals surface area contributed by atoms with Gasteiger partial charge in [-0.2, -0.15) is 5.26 Å². The first-order chi connectivity index (χ1) is 17.0. The molecule has 0 unspecified atom stereocenters. The van der Waals surface area contributed by atoms with Crippen molar-refractivity contribution in [3.05, 3.63) is 58.9 Å². The monoisotopic (exact) mass is 514 g/mol. The second kappa shape index (κ2) is 9.83. The Balaban J connectivity index is 1.52. The van der Waals surface area contributed by atoms with Crippen LogP contribution in [0.1, 0.15) is 74.5 Å². The van der Waals surface area contributed by atoms with Crippen LogP contribution in [0.5, 0.6) is 5.75 Å². The van der Waals surface area contributed by atoms with Crippen LogP contribution >= 0.6 is 0 Å². The van der Waals surface area contributed by atoms with Crippen molar-refractivity contribution in [2.24, 2.45) is 0 Å². The molecule has 1 amide bonds. The minimum Gasteiger partial charge on any atom is -0.487 e. The van der Waals surface area contributed by atoms with E-state index >= 15 is 0 Å². The maximum absolute atomic E-state index is 13.9. The molecule has 0 N–H and O–H groups in total. The van der Waals surface area contributed by atoms with E-state index < -0.39 is 20.7 Å². The molecule has 0 saturated carbocycles. The lowest BCUT2D eigenvalue weighted by Gasteiger charge is -2.47. The van der Waals surface area contributed by atoms with Gasteiger partial charge in [0.2, 0.25) is 0 Å². The van der Waals surface area contributed by atoms with E-state index in [2.05, 4.69) is 0 Å². The highest BCUT2D eigenvalue weighted by Gasteiger charge is 2.45. The molecule has 1 spiro atoms. The smallest absolute Gasteiger partial charge is 0.253 e. The molecular formula is C27H31FN2O5S. The molecular weight excluding hydrogens is 483 g/mol. The molecule has 1 fully saturated rings. The molecule has 1 atom stereocenters. The standard InChI is InChI=1S/C27H31FN2O5S/c1-17(2)34-24-15-27(35-23-7-6-21(28)14-22(23)24)9-11-30(12-10-27)26(31)19-5-8-25(20(13-19)16-29)36(32,33)18(3)4/h5-8,13-14,17-18,24H,9-12,15H2,1-4H3/t24-/m1/s1. The van der Waals surface area contributed by atoms with E-state index in [1.165, 1.54) is 30.3 Å². The first-order valence-corrected chi connectivity index (χ1v) is 13.7. The number of hydrogen-bond acceptors (Lipinski definition) is 6. The zero-order valence-corrected chi connectivity index (χ0v) is 21.8. The predicted molar refractivity (Wildman–Crippen MR) is 132 cm³/mol. The summed E-state index contributed by atoms with van der Waals surface area (Å²) in [5.41, 5.74) is 0.412. The first kappa shape index (κ1) is 26.1. The summed E-state index contributed by atoms with van der Waals surface area (Å²) in [6.45, 7) is 7.84. The number of carbonyl (C=O) groups excluding carboxylic acids is 1. The van der Waals surface area contributed by atoms with Gasteiger partial charge in [-0.3, -0.25) is 4.79 Å². The Hall–Kier alpha value is -2.96. The zero-order valence-electron chi connectivity index (χ0n) is 21.0. The van der Waals surface area contributed by atoms with Crippen molar-refractivity contribution in [3.63, 3.8) is 0 Å². The van der Waals surface area contributed by atoms with Gasteiger partial charge in [-0.25, -0.2) is 12.8 Å². The van der Waals surface area contributed by atoms with E-state index in [0.717, 1.165) is 0 Å². The molecule has 192 valence electrons. The Bertz CT molecular complexity index is 1310. The van der Waals surface area contributed by atoms with Crippen LogP contribution in [0.4, 0.5) is 4.39 Å². The first-order valence-electron chi connectivity index (χ1n) is 12.2. The van der Waals surface area contributed by atoms with Gasteiger partial charge in [-0.05, 0) is 64.1 Å². The summed E-state index contributed by atoms with van der Waals surface area (Å²) >= 11 is 0. The molecule has 0 radical (unpaired) electrons. The largest absolute Gasteiger partial charge is 0.487 e. The number of likely N-dealkylation sites (tertiary alicyclic amines) is 1. The highest BCUT2D eigenvalue weighted by Crippen LogP contribution is 2.46. The molecule has 2 heterocycles. The Labute approximate surface area is 211 Å². The number of sulfone groups is 1. The number of nitriles is 1. The fourth-order valence-electron chi connectivity index (χ4n) is 4.90. The van der Waals surface area contributed by atoms with Gasteiger partial charge < -0.3 is 14.4 Å². The van der Waals surface area contributed by atoms with Crippen molar-refractivity contribution in [1.82, 2.24) is 4.90 Å². The maximum atomic E-state index is 13.9. The fourth-order valence-corrected chi connectivity index (χ4v) is 6.07. The number of rotatable bonds is 5. The van der Waals surface area contributed by atoms with Gasteiger partial charge in [-0.15, -0.1) is 0 Å². The number of benzene rings is 2. The molecule has 2 aromatic rings. The highest BCUT2D eigenvalue weighted by atomic mass is 32.2. The number of ether oxygens (including phenoxy) is 2. The zero-order chi connectivity index (χ0) is 26.3. The molecule has 2 aliphatic rings. The average Bonchev–Trinajstić information content (AvgIpc) is 2.83. The summed E-state index contributed by atoms with van der Waals surface area (Å²) < 4.78 is 51.6. The molecule has 4 rings (SSSR count). The lowest BCUT2D eigenvalue weighted by atomic mass is 9.81. The third-order valence-electron chi connectivity index (χ3n) is 6.87. The Morgan fingerprint density at radius 3 is 2.47 bits per heavy atom. The minimum absolute atomic E-state index is 0.0313. The summed E-state index contributed by atoms with van der Waals surface area (Å²) in [5.74, 6) is 0.00631. The third-order valence-corrected chi connectivity index (χ3v) is 9.09. The van der Waals surface area contributed by atoms with Gasteiger partial charge >= 0.3 is 0 Å². The Kier molecular flexibility index (Phi) is 7.13. The minimum atomic E-state index is -3.65. The molecule has 1 saturated heterocycles. The molecule has 0 aromatic heterocycles. The normalized spacial score (nSPS) is 19.2. The quantitative estimate of drug-likeness (QED) is 0.569. The lowest BCUT2D eigenvalue weighted by molar-refractivity contribution is -0.0873. The highest BCUT2D eigenvalue weighted by molar-refractivity contribution is 7.92. The van der Waals surface area contributed by atoms with Gasteiger partial charge in [0.25, 0.3) is 5.91 Å². The number of nitrogens with zero attached hydrogens (tertiary/aromatic N) is 2. The van der Waals surface area contributed by atoms with Crippen LogP contribution in [-0.2, 0) is 14.6 Å². The summed E-state index contributed by atoms with van der Waals surface area (Å²) in [7, 11) is -3.65. The fraction of sp³-hybridized carbons (Fsp3) is 0.481. The van der Waals surface area contributed by atoms with Gasteiger partial charge in [0.1, 0.15) is 23.2 Å². The number of halogens is 1. The molecule has 9 heteroatoms. The van der Waals surface area contributed by atoms with Crippen LogP contribution in [0.25, 0.3) is 0 Å². The summed E-state index contributed by atoms with van der Waals surface area (Å²) in [6.07, 6.45) is 1.35. The van der Waals surface area contributed by atoms with Crippen LogP contribution in [-0.4, -0.2) is 49.3 Å². The molecule has 0 bridgehead atoms. The topological polar surface area (TPSA) is 96.7 Å². The van der Waals surface area contributed by atoms with Gasteiger partial charge in [0, 0.05) is 43.5 Å². The van der Waals surface area contributed by atoms with Crippen LogP contribution in [0.2, 0.25) is 0 Å². The van der Waals surface area contributed by atoms with Crippen LogP contribution in [0, 0.1) is 17.1 Å². The van der Waals surface area contributed by atoms with E-state index in [1.807, 2.05) is 19.9 Å².